The summed E-state index contributed by atoms with van der Waals surface area (Å²) in [6.45, 7) is 1.58. The Morgan fingerprint density at radius 3 is 2.52 bits per heavy atom. The zero-order valence-corrected chi connectivity index (χ0v) is 14.5. The van der Waals surface area contributed by atoms with E-state index >= 15 is 0 Å². The number of hydrogen-bond donors (Lipinski definition) is 1. The second kappa shape index (κ2) is 6.44. The second-order valence-electron chi connectivity index (χ2n) is 6.28. The minimum Gasteiger partial charge on any atom is -0.325 e. The van der Waals surface area contributed by atoms with E-state index in [4.69, 9.17) is 0 Å². The molecule has 25 heavy (non-hydrogen) atoms. The molecule has 3 heterocycles. The number of hydrogen-bond acceptors (Lipinski definition) is 5. The van der Waals surface area contributed by atoms with Crippen LogP contribution < -0.4 is 10.2 Å². The molecule has 1 aromatic carbocycles. The van der Waals surface area contributed by atoms with Crippen LogP contribution in [0.1, 0.15) is 32.1 Å². The third-order valence-electron chi connectivity index (χ3n) is 4.51. The summed E-state index contributed by atoms with van der Waals surface area (Å²) < 4.78 is 0.832. The molecule has 0 aliphatic carbocycles. The van der Waals surface area contributed by atoms with Gasteiger partial charge < -0.3 is 10.2 Å². The molecular weight excluding hydrogens is 340 g/mol. The first-order valence-electron chi connectivity index (χ1n) is 8.44. The largest absolute Gasteiger partial charge is 0.325 e. The Bertz CT molecular complexity index is 841. The molecule has 0 bridgehead atoms. The van der Waals surface area contributed by atoms with Crippen LogP contribution in [0.15, 0.2) is 18.2 Å². The average molecular weight is 358 g/mol. The Balaban J connectivity index is 1.55. The number of piperidine rings is 1. The quantitative estimate of drug-likeness (QED) is 0.837. The van der Waals surface area contributed by atoms with Gasteiger partial charge in [0.15, 0.2) is 5.13 Å². The molecule has 130 valence electrons. The van der Waals surface area contributed by atoms with E-state index in [-0.39, 0.29) is 30.7 Å². The van der Waals surface area contributed by atoms with E-state index in [1.54, 1.807) is 12.1 Å². The van der Waals surface area contributed by atoms with Gasteiger partial charge in [-0.05, 0) is 37.5 Å². The van der Waals surface area contributed by atoms with Crippen molar-refractivity contribution in [1.82, 2.24) is 9.88 Å². The molecule has 1 N–H and O–H groups in total. The van der Waals surface area contributed by atoms with Gasteiger partial charge in [-0.25, -0.2) is 14.7 Å². The first-order valence-corrected chi connectivity index (χ1v) is 9.26. The third kappa shape index (κ3) is 3.09. The number of carbonyl (C=O) groups is 3. The number of nitrogens with zero attached hydrogens (tertiary/aromatic N) is 3. The highest BCUT2D eigenvalue weighted by molar-refractivity contribution is 7.22. The molecule has 2 saturated heterocycles. The maximum absolute atomic E-state index is 12.3. The average Bonchev–Trinajstić information content (AvgIpc) is 3.17. The van der Waals surface area contributed by atoms with Crippen LogP contribution >= 0.6 is 11.3 Å². The summed E-state index contributed by atoms with van der Waals surface area (Å²) in [7, 11) is 0. The fraction of sp³-hybridized carbons (Fsp3) is 0.412. The molecule has 2 aliphatic rings. The van der Waals surface area contributed by atoms with Crippen molar-refractivity contribution in [1.29, 1.82) is 0 Å². The second-order valence-corrected chi connectivity index (χ2v) is 7.29. The van der Waals surface area contributed by atoms with Crippen LogP contribution in [-0.4, -0.2) is 40.8 Å². The Morgan fingerprint density at radius 1 is 1.08 bits per heavy atom. The van der Waals surface area contributed by atoms with Crippen molar-refractivity contribution < 1.29 is 14.4 Å². The highest BCUT2D eigenvalue weighted by Crippen LogP contribution is 2.33. The van der Waals surface area contributed by atoms with Crippen molar-refractivity contribution in [2.75, 3.05) is 23.3 Å². The number of amides is 4. The van der Waals surface area contributed by atoms with E-state index in [9.17, 15) is 14.4 Å². The van der Waals surface area contributed by atoms with Gasteiger partial charge in [-0.1, -0.05) is 11.3 Å². The van der Waals surface area contributed by atoms with Crippen LogP contribution in [-0.2, 0) is 9.59 Å². The molecule has 0 atom stereocenters. The number of carbonyl (C=O) groups excluding carboxylic acids is 3. The molecule has 0 radical (unpaired) electrons. The lowest BCUT2D eigenvalue weighted by molar-refractivity contribution is -0.121. The summed E-state index contributed by atoms with van der Waals surface area (Å²) >= 11 is 1.29. The molecule has 2 fully saturated rings. The van der Waals surface area contributed by atoms with Gasteiger partial charge in [0.1, 0.15) is 0 Å². The van der Waals surface area contributed by atoms with E-state index in [0.717, 1.165) is 35.5 Å². The summed E-state index contributed by atoms with van der Waals surface area (Å²) in [5.41, 5.74) is 1.40. The predicted molar refractivity (Wildman–Crippen MR) is 95.8 cm³/mol. The molecule has 4 rings (SSSR count). The van der Waals surface area contributed by atoms with Gasteiger partial charge >= 0.3 is 6.03 Å². The lowest BCUT2D eigenvalue weighted by Crippen LogP contribution is -2.38. The monoisotopic (exact) mass is 358 g/mol. The van der Waals surface area contributed by atoms with E-state index in [1.807, 2.05) is 11.0 Å². The molecule has 4 amide bonds. The molecule has 1 aromatic heterocycles. The number of aromatic nitrogens is 1. The van der Waals surface area contributed by atoms with Crippen molar-refractivity contribution >= 4 is 50.2 Å². The SMILES string of the molecule is O=C(Nc1ccc2nc(N3C(=O)CCC3=O)sc2c1)N1CCCCC1. The Morgan fingerprint density at radius 2 is 1.80 bits per heavy atom. The number of imide groups is 1. The first kappa shape index (κ1) is 16.0. The first-order chi connectivity index (χ1) is 12.1. The topological polar surface area (TPSA) is 82.6 Å². The lowest BCUT2D eigenvalue weighted by atomic mass is 10.1. The maximum Gasteiger partial charge on any atom is 0.321 e. The zero-order chi connectivity index (χ0) is 17.4. The van der Waals surface area contributed by atoms with Crippen molar-refractivity contribution in [2.24, 2.45) is 0 Å². The van der Waals surface area contributed by atoms with E-state index in [1.165, 1.54) is 17.8 Å². The van der Waals surface area contributed by atoms with Crippen LogP contribution in [0.4, 0.5) is 15.6 Å². The summed E-state index contributed by atoms with van der Waals surface area (Å²) in [6, 6.07) is 5.34. The number of anilines is 2. The van der Waals surface area contributed by atoms with Crippen LogP contribution in [0.2, 0.25) is 0 Å². The number of fused-ring (bicyclic) bond motifs is 1. The lowest BCUT2D eigenvalue weighted by Gasteiger charge is -2.26. The number of urea groups is 1. The Labute approximate surface area is 148 Å². The molecule has 8 heteroatoms. The number of nitrogens with one attached hydrogen (secondary N) is 1. The van der Waals surface area contributed by atoms with Gasteiger partial charge in [-0.3, -0.25) is 9.59 Å². The number of thiazole rings is 1. The van der Waals surface area contributed by atoms with E-state index < -0.39 is 0 Å². The van der Waals surface area contributed by atoms with Crippen molar-refractivity contribution in [3.63, 3.8) is 0 Å². The van der Waals surface area contributed by atoms with E-state index in [0.29, 0.717) is 16.3 Å². The smallest absolute Gasteiger partial charge is 0.321 e. The Kier molecular flexibility index (Phi) is 4.12. The van der Waals surface area contributed by atoms with Gasteiger partial charge in [0.05, 0.1) is 10.2 Å². The minimum atomic E-state index is -0.206. The Hall–Kier alpha value is -2.48. The number of benzene rings is 1. The molecule has 0 saturated carbocycles. The minimum absolute atomic E-state index is 0.0892. The van der Waals surface area contributed by atoms with Gasteiger partial charge in [0.25, 0.3) is 0 Å². The van der Waals surface area contributed by atoms with Crippen molar-refractivity contribution in [2.45, 2.75) is 32.1 Å². The molecule has 2 aliphatic heterocycles. The highest BCUT2D eigenvalue weighted by atomic mass is 32.1. The maximum atomic E-state index is 12.3. The summed E-state index contributed by atoms with van der Waals surface area (Å²) in [5.74, 6) is -0.412. The van der Waals surface area contributed by atoms with Crippen LogP contribution in [0, 0.1) is 0 Å². The van der Waals surface area contributed by atoms with Crippen LogP contribution in [0.25, 0.3) is 10.2 Å². The van der Waals surface area contributed by atoms with Crippen molar-refractivity contribution in [3.05, 3.63) is 18.2 Å². The normalized spacial score (nSPS) is 18.2. The summed E-state index contributed by atoms with van der Waals surface area (Å²) in [5, 5.41) is 3.32. The number of likely N-dealkylation sites (tertiary alicyclic amines) is 1. The third-order valence-corrected chi connectivity index (χ3v) is 5.52. The fourth-order valence-electron chi connectivity index (χ4n) is 3.18. The predicted octanol–water partition coefficient (Wildman–Crippen LogP) is 2.97. The molecule has 0 spiro atoms. The van der Waals surface area contributed by atoms with Crippen LogP contribution in [0.5, 0.6) is 0 Å². The molecule has 0 unspecified atom stereocenters. The highest BCUT2D eigenvalue weighted by Gasteiger charge is 2.32. The van der Waals surface area contributed by atoms with Crippen LogP contribution in [0.3, 0.4) is 0 Å². The van der Waals surface area contributed by atoms with Crippen molar-refractivity contribution in [3.8, 4) is 0 Å². The van der Waals surface area contributed by atoms with Gasteiger partial charge in [0.2, 0.25) is 11.8 Å². The number of rotatable bonds is 2. The summed E-state index contributed by atoms with van der Waals surface area (Å²) in [4.78, 5) is 43.4. The summed E-state index contributed by atoms with van der Waals surface area (Å²) in [6.07, 6.45) is 3.75. The molecule has 2 aromatic rings. The van der Waals surface area contributed by atoms with Gasteiger partial charge in [-0.2, -0.15) is 0 Å². The fourth-order valence-corrected chi connectivity index (χ4v) is 4.22. The van der Waals surface area contributed by atoms with Gasteiger partial charge in [-0.15, -0.1) is 0 Å². The van der Waals surface area contributed by atoms with E-state index in [2.05, 4.69) is 10.3 Å². The molecule has 7 nitrogen and oxygen atoms in total. The standard InChI is InChI=1S/C17H18N4O3S/c22-14-6-7-15(23)21(14)17-19-12-5-4-11(10-13(12)25-17)18-16(24)20-8-2-1-3-9-20/h4-5,10H,1-3,6-9H2,(H,18,24). The zero-order valence-electron chi connectivity index (χ0n) is 13.7. The van der Waals surface area contributed by atoms with Gasteiger partial charge in [0, 0.05) is 31.6 Å². The molecular formula is C17H18N4O3S.